The minimum Gasteiger partial charge on any atom is -0.494 e. The number of halogens is 1. The maximum Gasteiger partial charge on any atom is 0.262 e. The monoisotopic (exact) mass is 402 g/mol. The van der Waals surface area contributed by atoms with Crippen molar-refractivity contribution < 1.29 is 18.7 Å². The van der Waals surface area contributed by atoms with Gasteiger partial charge in [-0.25, -0.2) is 9.37 Å². The Bertz CT molecular complexity index is 1200. The van der Waals surface area contributed by atoms with E-state index < -0.39 is 11.7 Å². The van der Waals surface area contributed by atoms with E-state index in [1.54, 1.807) is 25.3 Å². The molecule has 0 saturated carbocycles. The maximum atomic E-state index is 13.8. The van der Waals surface area contributed by atoms with Crippen LogP contribution in [0.25, 0.3) is 22.2 Å². The van der Waals surface area contributed by atoms with E-state index in [0.717, 1.165) is 5.56 Å². The third-order valence-electron chi connectivity index (χ3n) is 4.56. The summed E-state index contributed by atoms with van der Waals surface area (Å²) >= 11 is 0. The molecule has 0 aliphatic rings. The summed E-state index contributed by atoms with van der Waals surface area (Å²) in [5.41, 5.74) is 2.34. The van der Waals surface area contributed by atoms with Gasteiger partial charge in [0.05, 0.1) is 18.5 Å². The summed E-state index contributed by atoms with van der Waals surface area (Å²) in [5.74, 6) is 0.123. The van der Waals surface area contributed by atoms with Gasteiger partial charge in [0.25, 0.3) is 5.91 Å². The van der Waals surface area contributed by atoms with E-state index in [4.69, 9.17) is 14.5 Å². The van der Waals surface area contributed by atoms with Gasteiger partial charge >= 0.3 is 0 Å². The number of methoxy groups -OCH3 is 1. The zero-order valence-electron chi connectivity index (χ0n) is 16.3. The van der Waals surface area contributed by atoms with E-state index in [2.05, 4.69) is 5.32 Å². The van der Waals surface area contributed by atoms with Crippen LogP contribution in [0.15, 0.2) is 78.9 Å². The number of pyridine rings is 1. The highest BCUT2D eigenvalue weighted by molar-refractivity contribution is 5.94. The lowest BCUT2D eigenvalue weighted by molar-refractivity contribution is -0.118. The first kappa shape index (κ1) is 19.4. The summed E-state index contributed by atoms with van der Waals surface area (Å²) in [4.78, 5) is 17.0. The highest BCUT2D eigenvalue weighted by atomic mass is 19.1. The largest absolute Gasteiger partial charge is 0.494 e. The van der Waals surface area contributed by atoms with Crippen LogP contribution in [0, 0.1) is 5.82 Å². The van der Waals surface area contributed by atoms with Crippen molar-refractivity contribution in [3.8, 4) is 22.8 Å². The predicted molar refractivity (Wildman–Crippen MR) is 114 cm³/mol. The molecule has 4 rings (SSSR count). The molecule has 0 aliphatic heterocycles. The molecule has 1 amide bonds. The summed E-state index contributed by atoms with van der Waals surface area (Å²) in [7, 11) is 1.58. The van der Waals surface area contributed by atoms with E-state index in [9.17, 15) is 9.18 Å². The smallest absolute Gasteiger partial charge is 0.262 e. The molecule has 6 heteroatoms. The van der Waals surface area contributed by atoms with Crippen molar-refractivity contribution >= 4 is 22.5 Å². The van der Waals surface area contributed by atoms with Crippen molar-refractivity contribution in [2.24, 2.45) is 0 Å². The van der Waals surface area contributed by atoms with E-state index in [1.165, 1.54) is 12.1 Å². The number of para-hydroxylation sites is 2. The van der Waals surface area contributed by atoms with Crippen LogP contribution in [-0.2, 0) is 4.79 Å². The minimum absolute atomic E-state index is 0.109. The van der Waals surface area contributed by atoms with Crippen LogP contribution in [0.4, 0.5) is 10.1 Å². The predicted octanol–water partition coefficient (Wildman–Crippen LogP) is 5.07. The third-order valence-corrected chi connectivity index (χ3v) is 4.56. The number of carbonyl (C=O) groups is 1. The highest BCUT2D eigenvalue weighted by Crippen LogP contribution is 2.34. The van der Waals surface area contributed by atoms with E-state index in [1.807, 2.05) is 48.5 Å². The van der Waals surface area contributed by atoms with Crippen LogP contribution in [0.5, 0.6) is 11.5 Å². The second-order valence-corrected chi connectivity index (χ2v) is 6.54. The first-order valence-corrected chi connectivity index (χ1v) is 9.36. The molecule has 1 heterocycles. The second kappa shape index (κ2) is 8.61. The Labute approximate surface area is 173 Å². The van der Waals surface area contributed by atoms with Crippen LogP contribution in [0.1, 0.15) is 0 Å². The lowest BCUT2D eigenvalue weighted by atomic mass is 10.1. The molecule has 0 fully saturated rings. The van der Waals surface area contributed by atoms with Gasteiger partial charge < -0.3 is 14.8 Å². The number of rotatable bonds is 6. The minimum atomic E-state index is -0.503. The van der Waals surface area contributed by atoms with Gasteiger partial charge in [-0.2, -0.15) is 0 Å². The Hall–Kier alpha value is -3.93. The molecule has 30 heavy (non-hydrogen) atoms. The van der Waals surface area contributed by atoms with Crippen LogP contribution in [0.3, 0.4) is 0 Å². The normalized spacial score (nSPS) is 10.6. The number of ether oxygens (including phenoxy) is 2. The fraction of sp³-hybridized carbons (Fsp3) is 0.0833. The summed E-state index contributed by atoms with van der Waals surface area (Å²) < 4.78 is 25.0. The van der Waals surface area contributed by atoms with Gasteiger partial charge in [0.15, 0.2) is 6.61 Å². The lowest BCUT2D eigenvalue weighted by Crippen LogP contribution is -2.20. The molecule has 0 spiro atoms. The number of aromatic nitrogens is 1. The molecule has 0 radical (unpaired) electrons. The van der Waals surface area contributed by atoms with Gasteiger partial charge in [0, 0.05) is 17.0 Å². The SMILES string of the molecule is COc1cccc2c(OCC(=O)Nc3ccccc3F)cc(-c3ccccc3)nc12. The molecule has 1 N–H and O–H groups in total. The van der Waals surface area contributed by atoms with Crippen molar-refractivity contribution in [1.82, 2.24) is 4.98 Å². The van der Waals surface area contributed by atoms with Gasteiger partial charge in [-0.05, 0) is 24.3 Å². The number of anilines is 1. The Morgan fingerprint density at radius 1 is 0.967 bits per heavy atom. The number of nitrogens with zero attached hydrogens (tertiary/aromatic N) is 1. The molecule has 0 bridgehead atoms. The topological polar surface area (TPSA) is 60.5 Å². The Balaban J connectivity index is 1.65. The van der Waals surface area contributed by atoms with Gasteiger partial charge in [-0.15, -0.1) is 0 Å². The standard InChI is InChI=1S/C24H19FN2O3/c1-29-21-13-7-10-17-22(14-20(27-24(17)21)16-8-3-2-4-9-16)30-15-23(28)26-19-12-6-5-11-18(19)25/h2-14H,15H2,1H3,(H,26,28). The molecule has 0 unspecified atom stereocenters. The van der Waals surface area contributed by atoms with Crippen LogP contribution in [-0.4, -0.2) is 24.6 Å². The van der Waals surface area contributed by atoms with Crippen LogP contribution >= 0.6 is 0 Å². The first-order valence-electron chi connectivity index (χ1n) is 9.36. The summed E-state index contributed by atoms with van der Waals surface area (Å²) in [6.45, 7) is -0.279. The molecule has 150 valence electrons. The first-order chi connectivity index (χ1) is 14.7. The molecule has 0 saturated heterocycles. The van der Waals surface area contributed by atoms with Gasteiger partial charge in [-0.3, -0.25) is 4.79 Å². The van der Waals surface area contributed by atoms with Crippen molar-refractivity contribution in [2.75, 3.05) is 19.0 Å². The molecule has 3 aromatic carbocycles. The fourth-order valence-electron chi connectivity index (χ4n) is 3.12. The van der Waals surface area contributed by atoms with Crippen molar-refractivity contribution in [3.63, 3.8) is 0 Å². The van der Waals surface area contributed by atoms with E-state index in [-0.39, 0.29) is 12.3 Å². The number of nitrogens with one attached hydrogen (secondary N) is 1. The lowest BCUT2D eigenvalue weighted by Gasteiger charge is -2.13. The summed E-state index contributed by atoms with van der Waals surface area (Å²) in [6.07, 6.45) is 0. The average Bonchev–Trinajstić information content (AvgIpc) is 2.79. The highest BCUT2D eigenvalue weighted by Gasteiger charge is 2.14. The third kappa shape index (κ3) is 4.07. The number of fused-ring (bicyclic) bond motifs is 1. The molecule has 4 aromatic rings. The van der Waals surface area contributed by atoms with Crippen molar-refractivity contribution in [1.29, 1.82) is 0 Å². The number of benzene rings is 3. The quantitative estimate of drug-likeness (QED) is 0.489. The average molecular weight is 402 g/mol. The molecule has 0 atom stereocenters. The summed E-state index contributed by atoms with van der Waals surface area (Å²) in [5, 5.41) is 3.23. The summed E-state index contributed by atoms with van der Waals surface area (Å²) in [6, 6.07) is 22.9. The molecular weight excluding hydrogens is 383 g/mol. The number of hydrogen-bond acceptors (Lipinski definition) is 4. The van der Waals surface area contributed by atoms with Gasteiger partial charge in [0.2, 0.25) is 0 Å². The van der Waals surface area contributed by atoms with Crippen LogP contribution in [0.2, 0.25) is 0 Å². The molecule has 5 nitrogen and oxygen atoms in total. The molecular formula is C24H19FN2O3. The van der Waals surface area contributed by atoms with Crippen LogP contribution < -0.4 is 14.8 Å². The van der Waals surface area contributed by atoms with Gasteiger partial charge in [0.1, 0.15) is 22.8 Å². The van der Waals surface area contributed by atoms with E-state index in [0.29, 0.717) is 28.1 Å². The number of hydrogen-bond donors (Lipinski definition) is 1. The molecule has 1 aromatic heterocycles. The van der Waals surface area contributed by atoms with Crippen molar-refractivity contribution in [3.05, 3.63) is 84.7 Å². The Morgan fingerprint density at radius 2 is 1.73 bits per heavy atom. The van der Waals surface area contributed by atoms with E-state index >= 15 is 0 Å². The molecule has 0 aliphatic carbocycles. The second-order valence-electron chi connectivity index (χ2n) is 6.54. The zero-order valence-corrected chi connectivity index (χ0v) is 16.3. The zero-order chi connectivity index (χ0) is 20.9. The number of carbonyl (C=O) groups excluding carboxylic acids is 1. The Morgan fingerprint density at radius 3 is 2.50 bits per heavy atom. The van der Waals surface area contributed by atoms with Gasteiger partial charge in [-0.1, -0.05) is 48.5 Å². The van der Waals surface area contributed by atoms with Crippen molar-refractivity contribution in [2.45, 2.75) is 0 Å². The fourth-order valence-corrected chi connectivity index (χ4v) is 3.12. The Kier molecular flexibility index (Phi) is 5.57. The maximum absolute atomic E-state index is 13.8. The number of amides is 1.